The van der Waals surface area contributed by atoms with E-state index in [-0.39, 0.29) is 5.91 Å². The molecule has 0 spiro atoms. The number of amides is 1. The summed E-state index contributed by atoms with van der Waals surface area (Å²) in [7, 11) is 3.15. The molecule has 1 amide bonds. The lowest BCUT2D eigenvalue weighted by molar-refractivity contribution is -0.135. The molecule has 0 radical (unpaired) electrons. The fraction of sp³-hybridized carbons (Fsp3) is 0.227. The van der Waals surface area contributed by atoms with Gasteiger partial charge in [0.2, 0.25) is 18.0 Å². The predicted molar refractivity (Wildman–Crippen MR) is 109 cm³/mol. The molecule has 4 rings (SSSR count). The molecule has 1 atom stereocenters. The van der Waals surface area contributed by atoms with Crippen LogP contribution in [0.4, 0.5) is 0 Å². The average Bonchev–Trinajstić information content (AvgIpc) is 3.18. The highest BCUT2D eigenvalue weighted by Gasteiger charge is 2.35. The van der Waals surface area contributed by atoms with Crippen molar-refractivity contribution in [2.24, 2.45) is 5.10 Å². The van der Waals surface area contributed by atoms with E-state index in [2.05, 4.69) is 10.1 Å². The summed E-state index contributed by atoms with van der Waals surface area (Å²) in [6.07, 6.45) is -0.740. The van der Waals surface area contributed by atoms with Gasteiger partial charge in [0.1, 0.15) is 11.5 Å². The van der Waals surface area contributed by atoms with Crippen LogP contribution in [0.25, 0.3) is 10.9 Å². The van der Waals surface area contributed by atoms with Crippen LogP contribution in [-0.4, -0.2) is 36.0 Å². The number of hydrazone groups is 1. The highest BCUT2D eigenvalue weighted by molar-refractivity contribution is 6.07. The molecule has 7 heteroatoms. The molecular formula is C22H21N3O4. The molecule has 0 saturated heterocycles. The number of ether oxygens (including phenoxy) is 3. The zero-order valence-electron chi connectivity index (χ0n) is 16.7. The first kappa shape index (κ1) is 18.7. The van der Waals surface area contributed by atoms with Crippen molar-refractivity contribution in [3.05, 3.63) is 65.4 Å². The number of carbonyl (C=O) groups is 1. The molecule has 1 aliphatic heterocycles. The maximum Gasteiger partial charge on any atom is 0.243 e. The number of para-hydroxylation sites is 1. The fourth-order valence-electron chi connectivity index (χ4n) is 3.38. The van der Waals surface area contributed by atoms with Crippen molar-refractivity contribution in [1.82, 2.24) is 9.99 Å². The molecule has 1 aromatic heterocycles. The molecule has 1 aliphatic rings. The van der Waals surface area contributed by atoms with E-state index in [4.69, 9.17) is 14.2 Å². The molecule has 2 aromatic carbocycles. The fourth-order valence-corrected chi connectivity index (χ4v) is 3.38. The third-order valence-electron chi connectivity index (χ3n) is 4.75. The number of rotatable bonds is 4. The van der Waals surface area contributed by atoms with E-state index < -0.39 is 6.23 Å². The van der Waals surface area contributed by atoms with E-state index in [1.165, 1.54) is 11.9 Å². The van der Waals surface area contributed by atoms with E-state index in [0.717, 1.165) is 22.2 Å². The maximum atomic E-state index is 12.3. The Hall–Kier alpha value is -3.61. The van der Waals surface area contributed by atoms with Crippen LogP contribution in [0, 0.1) is 6.92 Å². The van der Waals surface area contributed by atoms with Gasteiger partial charge in [-0.05, 0) is 31.2 Å². The lowest BCUT2D eigenvalue weighted by Crippen LogP contribution is -2.25. The largest absolute Gasteiger partial charge is 0.497 e. The Bertz CT molecular complexity index is 1130. The van der Waals surface area contributed by atoms with Gasteiger partial charge in [-0.15, -0.1) is 5.10 Å². The minimum Gasteiger partial charge on any atom is -0.497 e. The topological polar surface area (TPSA) is 73.3 Å². The van der Waals surface area contributed by atoms with Gasteiger partial charge in [-0.2, -0.15) is 5.01 Å². The molecule has 7 nitrogen and oxygen atoms in total. The summed E-state index contributed by atoms with van der Waals surface area (Å²) in [4.78, 5) is 16.9. The summed E-state index contributed by atoms with van der Waals surface area (Å²) in [5, 5.41) is 6.72. The van der Waals surface area contributed by atoms with Crippen molar-refractivity contribution in [2.45, 2.75) is 20.1 Å². The van der Waals surface area contributed by atoms with Crippen molar-refractivity contribution in [1.29, 1.82) is 0 Å². The van der Waals surface area contributed by atoms with Crippen LogP contribution in [0.5, 0.6) is 11.5 Å². The summed E-state index contributed by atoms with van der Waals surface area (Å²) in [6.45, 7) is 3.37. The van der Waals surface area contributed by atoms with E-state index in [0.29, 0.717) is 23.0 Å². The number of aromatic nitrogens is 1. The predicted octanol–water partition coefficient (Wildman–Crippen LogP) is 3.80. The Labute approximate surface area is 168 Å². The average molecular weight is 391 g/mol. The maximum absolute atomic E-state index is 12.3. The molecule has 0 saturated carbocycles. The number of carbonyl (C=O) groups excluding carboxylic acids is 1. The Kier molecular flexibility index (Phi) is 4.80. The molecule has 0 bridgehead atoms. The van der Waals surface area contributed by atoms with Gasteiger partial charge in [-0.1, -0.05) is 18.2 Å². The summed E-state index contributed by atoms with van der Waals surface area (Å²) < 4.78 is 17.0. The van der Waals surface area contributed by atoms with Crippen LogP contribution >= 0.6 is 0 Å². The summed E-state index contributed by atoms with van der Waals surface area (Å²) in [5.74, 6) is 1.32. The van der Waals surface area contributed by atoms with Crippen molar-refractivity contribution >= 4 is 22.7 Å². The van der Waals surface area contributed by atoms with Gasteiger partial charge < -0.3 is 14.2 Å². The van der Waals surface area contributed by atoms with Gasteiger partial charge in [0.15, 0.2) is 0 Å². The van der Waals surface area contributed by atoms with Crippen LogP contribution in [0.2, 0.25) is 0 Å². The van der Waals surface area contributed by atoms with Crippen molar-refractivity contribution in [3.63, 3.8) is 0 Å². The van der Waals surface area contributed by atoms with Crippen LogP contribution < -0.4 is 9.47 Å². The quantitative estimate of drug-likeness (QED) is 0.676. The Balaban J connectivity index is 1.80. The van der Waals surface area contributed by atoms with Crippen LogP contribution in [0.1, 0.15) is 30.0 Å². The monoisotopic (exact) mass is 391 g/mol. The number of aryl methyl sites for hydroxylation is 1. The number of hydrogen-bond acceptors (Lipinski definition) is 6. The Morgan fingerprint density at radius 2 is 1.90 bits per heavy atom. The number of methoxy groups -OCH3 is 2. The second kappa shape index (κ2) is 7.43. The molecule has 3 aromatic rings. The minimum atomic E-state index is -0.740. The molecule has 29 heavy (non-hydrogen) atoms. The molecule has 1 unspecified atom stereocenters. The van der Waals surface area contributed by atoms with Gasteiger partial charge in [-0.3, -0.25) is 9.78 Å². The van der Waals surface area contributed by atoms with Crippen molar-refractivity contribution in [3.8, 4) is 11.5 Å². The third-order valence-corrected chi connectivity index (χ3v) is 4.75. The number of hydrogen-bond donors (Lipinski definition) is 0. The summed E-state index contributed by atoms with van der Waals surface area (Å²) in [5.41, 5.74) is 3.14. The van der Waals surface area contributed by atoms with Gasteiger partial charge in [0, 0.05) is 29.6 Å². The minimum absolute atomic E-state index is 0.238. The van der Waals surface area contributed by atoms with Gasteiger partial charge in [0.25, 0.3) is 0 Å². The number of benzene rings is 2. The first-order valence-corrected chi connectivity index (χ1v) is 9.15. The summed E-state index contributed by atoms with van der Waals surface area (Å²) >= 11 is 0. The first-order valence-electron chi connectivity index (χ1n) is 9.15. The van der Waals surface area contributed by atoms with Crippen LogP contribution in [0.15, 0.2) is 53.6 Å². The third kappa shape index (κ3) is 3.35. The second-order valence-corrected chi connectivity index (χ2v) is 6.68. The Morgan fingerprint density at radius 1 is 1.10 bits per heavy atom. The molecule has 2 heterocycles. The highest BCUT2D eigenvalue weighted by Crippen LogP contribution is 2.38. The lowest BCUT2D eigenvalue weighted by Gasteiger charge is -2.21. The molecule has 0 N–H and O–H groups in total. The molecule has 0 aliphatic carbocycles. The zero-order chi connectivity index (χ0) is 20.5. The summed E-state index contributed by atoms with van der Waals surface area (Å²) in [6, 6.07) is 15.0. The number of pyridine rings is 1. The van der Waals surface area contributed by atoms with Crippen LogP contribution in [-0.2, 0) is 9.53 Å². The highest BCUT2D eigenvalue weighted by atomic mass is 16.5. The second-order valence-electron chi connectivity index (χ2n) is 6.68. The van der Waals surface area contributed by atoms with Gasteiger partial charge >= 0.3 is 0 Å². The lowest BCUT2D eigenvalue weighted by atomic mass is 10.1. The van der Waals surface area contributed by atoms with E-state index >= 15 is 0 Å². The smallest absolute Gasteiger partial charge is 0.243 e. The standard InChI is InChI=1S/C22H21N3O4/c1-13-11-18(16-7-5-6-8-19(16)23-13)21-24-25(14(2)26)22(29-21)17-10-9-15(27-3)12-20(17)28-4/h5-12,22H,1-4H3. The Morgan fingerprint density at radius 3 is 2.62 bits per heavy atom. The van der Waals surface area contributed by atoms with E-state index in [1.807, 2.05) is 43.3 Å². The van der Waals surface area contributed by atoms with E-state index in [9.17, 15) is 4.79 Å². The number of nitrogens with zero attached hydrogens (tertiary/aromatic N) is 3. The molecular weight excluding hydrogens is 370 g/mol. The first-order chi connectivity index (χ1) is 14.0. The van der Waals surface area contributed by atoms with E-state index in [1.54, 1.807) is 26.4 Å². The number of fused-ring (bicyclic) bond motifs is 1. The SMILES string of the molecule is COc1ccc(C2OC(c3cc(C)nc4ccccc34)=NN2C(C)=O)c(OC)c1. The normalized spacial score (nSPS) is 15.8. The molecule has 148 valence electrons. The zero-order valence-corrected chi connectivity index (χ0v) is 16.7. The van der Waals surface area contributed by atoms with Crippen molar-refractivity contribution in [2.75, 3.05) is 14.2 Å². The molecule has 0 fully saturated rings. The van der Waals surface area contributed by atoms with Gasteiger partial charge in [0.05, 0.1) is 25.3 Å². The van der Waals surface area contributed by atoms with Crippen molar-refractivity contribution < 1.29 is 19.0 Å². The van der Waals surface area contributed by atoms with Crippen LogP contribution in [0.3, 0.4) is 0 Å². The van der Waals surface area contributed by atoms with Gasteiger partial charge in [-0.25, -0.2) is 0 Å².